The molecule has 0 bridgehead atoms. The molecule has 0 aliphatic heterocycles. The Labute approximate surface area is 147 Å². The van der Waals surface area contributed by atoms with E-state index >= 15 is 0 Å². The molecule has 0 saturated carbocycles. The lowest BCUT2D eigenvalue weighted by atomic mass is 10.1. The van der Waals surface area contributed by atoms with E-state index < -0.39 is 0 Å². The largest absolute Gasteiger partial charge is 0.493 e. The van der Waals surface area contributed by atoms with Gasteiger partial charge in [-0.25, -0.2) is 5.43 Å². The Morgan fingerprint density at radius 2 is 1.92 bits per heavy atom. The molecule has 2 aromatic carbocycles. The molecular formula is C19H22N2O4. The highest BCUT2D eigenvalue weighted by atomic mass is 16.5. The van der Waals surface area contributed by atoms with Crippen molar-refractivity contribution in [3.63, 3.8) is 0 Å². The molecule has 132 valence electrons. The van der Waals surface area contributed by atoms with Gasteiger partial charge in [0.1, 0.15) is 5.75 Å². The van der Waals surface area contributed by atoms with Gasteiger partial charge in [-0.05, 0) is 43.2 Å². The normalized spacial score (nSPS) is 10.6. The van der Waals surface area contributed by atoms with E-state index in [-0.39, 0.29) is 12.5 Å². The van der Waals surface area contributed by atoms with Crippen LogP contribution in [0.5, 0.6) is 17.2 Å². The summed E-state index contributed by atoms with van der Waals surface area (Å²) < 4.78 is 16.1. The van der Waals surface area contributed by atoms with Crippen LogP contribution in [-0.4, -0.2) is 32.9 Å². The highest BCUT2D eigenvalue weighted by Gasteiger charge is 2.08. The molecule has 0 aliphatic carbocycles. The van der Waals surface area contributed by atoms with Gasteiger partial charge < -0.3 is 14.2 Å². The van der Waals surface area contributed by atoms with Crippen LogP contribution < -0.4 is 19.6 Å². The molecule has 0 atom stereocenters. The summed E-state index contributed by atoms with van der Waals surface area (Å²) in [4.78, 5) is 11.9. The SMILES string of the molecule is COc1cccc(/C=N\NC(=O)COc2cc(C)ccc2C)c1OC. The first-order valence-corrected chi connectivity index (χ1v) is 7.78. The first-order chi connectivity index (χ1) is 12.0. The highest BCUT2D eigenvalue weighted by molar-refractivity contribution is 5.86. The van der Waals surface area contributed by atoms with Crippen LogP contribution >= 0.6 is 0 Å². The molecule has 2 rings (SSSR count). The summed E-state index contributed by atoms with van der Waals surface area (Å²) in [6, 6.07) is 11.3. The van der Waals surface area contributed by atoms with Crippen molar-refractivity contribution in [2.75, 3.05) is 20.8 Å². The molecule has 0 heterocycles. The first-order valence-electron chi connectivity index (χ1n) is 7.78. The summed E-state index contributed by atoms with van der Waals surface area (Å²) in [5, 5.41) is 3.94. The third-order valence-electron chi connectivity index (χ3n) is 3.53. The van der Waals surface area contributed by atoms with E-state index in [4.69, 9.17) is 14.2 Å². The summed E-state index contributed by atoms with van der Waals surface area (Å²) in [5.41, 5.74) is 5.17. The molecule has 0 unspecified atom stereocenters. The third kappa shape index (κ3) is 4.97. The number of nitrogens with one attached hydrogen (secondary N) is 1. The van der Waals surface area contributed by atoms with Gasteiger partial charge in [0.15, 0.2) is 18.1 Å². The fourth-order valence-corrected chi connectivity index (χ4v) is 2.23. The zero-order valence-corrected chi connectivity index (χ0v) is 14.8. The molecule has 0 aromatic heterocycles. The van der Waals surface area contributed by atoms with Crippen LogP contribution in [0.25, 0.3) is 0 Å². The van der Waals surface area contributed by atoms with Crippen molar-refractivity contribution in [3.05, 3.63) is 53.1 Å². The van der Waals surface area contributed by atoms with E-state index in [0.717, 1.165) is 11.1 Å². The maximum absolute atomic E-state index is 11.9. The second-order valence-electron chi connectivity index (χ2n) is 5.43. The summed E-state index contributed by atoms with van der Waals surface area (Å²) in [6.07, 6.45) is 1.50. The topological polar surface area (TPSA) is 69.2 Å². The number of ether oxygens (including phenoxy) is 3. The summed E-state index contributed by atoms with van der Waals surface area (Å²) in [7, 11) is 3.11. The molecule has 0 spiro atoms. The van der Waals surface area contributed by atoms with E-state index in [1.54, 1.807) is 20.3 Å². The fraction of sp³-hybridized carbons (Fsp3) is 0.263. The van der Waals surface area contributed by atoms with Crippen LogP contribution in [-0.2, 0) is 4.79 Å². The second-order valence-corrected chi connectivity index (χ2v) is 5.43. The number of benzene rings is 2. The molecule has 1 N–H and O–H groups in total. The molecule has 0 aliphatic rings. The van der Waals surface area contributed by atoms with Gasteiger partial charge in [-0.3, -0.25) is 4.79 Å². The Kier molecular flexibility index (Phi) is 6.39. The Bertz CT molecular complexity index is 772. The summed E-state index contributed by atoms with van der Waals surface area (Å²) in [6.45, 7) is 3.79. The molecule has 0 saturated heterocycles. The van der Waals surface area contributed by atoms with Gasteiger partial charge in [0.25, 0.3) is 5.91 Å². The van der Waals surface area contributed by atoms with E-state index in [2.05, 4.69) is 10.5 Å². The zero-order valence-electron chi connectivity index (χ0n) is 14.8. The van der Waals surface area contributed by atoms with Gasteiger partial charge in [-0.15, -0.1) is 0 Å². The van der Waals surface area contributed by atoms with Crippen LogP contribution in [0.2, 0.25) is 0 Å². The Morgan fingerprint density at radius 1 is 1.12 bits per heavy atom. The van der Waals surface area contributed by atoms with E-state index in [9.17, 15) is 4.79 Å². The van der Waals surface area contributed by atoms with Crippen LogP contribution in [0, 0.1) is 13.8 Å². The average molecular weight is 342 g/mol. The Balaban J connectivity index is 1.94. The molecular weight excluding hydrogens is 320 g/mol. The van der Waals surface area contributed by atoms with Crippen molar-refractivity contribution in [3.8, 4) is 17.2 Å². The number of hydrogen-bond donors (Lipinski definition) is 1. The number of rotatable bonds is 7. The van der Waals surface area contributed by atoms with Crippen LogP contribution in [0.4, 0.5) is 0 Å². The van der Waals surface area contributed by atoms with Crippen molar-refractivity contribution in [2.45, 2.75) is 13.8 Å². The minimum Gasteiger partial charge on any atom is -0.493 e. The predicted octanol–water partition coefficient (Wildman–Crippen LogP) is 2.85. The Hall–Kier alpha value is -3.02. The first kappa shape index (κ1) is 18.3. The quantitative estimate of drug-likeness (QED) is 0.620. The zero-order chi connectivity index (χ0) is 18.2. The maximum Gasteiger partial charge on any atom is 0.277 e. The predicted molar refractivity (Wildman–Crippen MR) is 96.7 cm³/mol. The molecule has 6 heteroatoms. The molecule has 2 aromatic rings. The number of amides is 1. The van der Waals surface area contributed by atoms with Crippen LogP contribution in [0.15, 0.2) is 41.5 Å². The number of hydrazone groups is 1. The number of methoxy groups -OCH3 is 2. The number of para-hydroxylation sites is 1. The Morgan fingerprint density at radius 3 is 2.64 bits per heavy atom. The van der Waals surface area contributed by atoms with Gasteiger partial charge in [-0.1, -0.05) is 18.2 Å². The summed E-state index contributed by atoms with van der Waals surface area (Å²) in [5.74, 6) is 1.48. The second kappa shape index (κ2) is 8.73. The third-order valence-corrected chi connectivity index (χ3v) is 3.53. The maximum atomic E-state index is 11.9. The standard InChI is InChI=1S/C19H22N2O4/c1-13-8-9-14(2)17(10-13)25-12-18(22)21-20-11-15-6-5-7-16(23-3)19(15)24-4/h5-11H,12H2,1-4H3,(H,21,22)/b20-11-. The number of carbonyl (C=O) groups excluding carboxylic acids is 1. The molecule has 25 heavy (non-hydrogen) atoms. The lowest BCUT2D eigenvalue weighted by Crippen LogP contribution is -2.24. The smallest absolute Gasteiger partial charge is 0.277 e. The lowest BCUT2D eigenvalue weighted by Gasteiger charge is -2.10. The fourth-order valence-electron chi connectivity index (χ4n) is 2.23. The van der Waals surface area contributed by atoms with E-state index in [1.165, 1.54) is 6.21 Å². The van der Waals surface area contributed by atoms with Crippen molar-refractivity contribution in [2.24, 2.45) is 5.10 Å². The van der Waals surface area contributed by atoms with E-state index in [1.807, 2.05) is 44.2 Å². The number of hydrogen-bond acceptors (Lipinski definition) is 5. The van der Waals surface area contributed by atoms with Crippen molar-refractivity contribution < 1.29 is 19.0 Å². The van der Waals surface area contributed by atoms with Gasteiger partial charge in [-0.2, -0.15) is 5.10 Å². The van der Waals surface area contributed by atoms with Crippen molar-refractivity contribution in [1.82, 2.24) is 5.43 Å². The average Bonchev–Trinajstić information content (AvgIpc) is 2.62. The molecule has 6 nitrogen and oxygen atoms in total. The van der Waals surface area contributed by atoms with Crippen molar-refractivity contribution in [1.29, 1.82) is 0 Å². The van der Waals surface area contributed by atoms with Gasteiger partial charge in [0.2, 0.25) is 0 Å². The van der Waals surface area contributed by atoms with Crippen LogP contribution in [0.3, 0.4) is 0 Å². The molecule has 1 amide bonds. The lowest BCUT2D eigenvalue weighted by molar-refractivity contribution is -0.123. The number of nitrogens with zero attached hydrogens (tertiary/aromatic N) is 1. The minimum absolute atomic E-state index is 0.114. The monoisotopic (exact) mass is 342 g/mol. The molecule has 0 radical (unpaired) electrons. The highest BCUT2D eigenvalue weighted by Crippen LogP contribution is 2.29. The molecule has 0 fully saturated rings. The van der Waals surface area contributed by atoms with Gasteiger partial charge >= 0.3 is 0 Å². The van der Waals surface area contributed by atoms with E-state index in [0.29, 0.717) is 22.8 Å². The minimum atomic E-state index is -0.348. The van der Waals surface area contributed by atoms with Gasteiger partial charge in [0, 0.05) is 5.56 Å². The van der Waals surface area contributed by atoms with Gasteiger partial charge in [0.05, 0.1) is 20.4 Å². The van der Waals surface area contributed by atoms with Crippen LogP contribution in [0.1, 0.15) is 16.7 Å². The van der Waals surface area contributed by atoms with Crippen molar-refractivity contribution >= 4 is 12.1 Å². The number of carbonyl (C=O) groups is 1. The number of aryl methyl sites for hydroxylation is 2. The summed E-state index contributed by atoms with van der Waals surface area (Å²) >= 11 is 0.